The van der Waals surface area contributed by atoms with Gasteiger partial charge in [0.2, 0.25) is 0 Å². The van der Waals surface area contributed by atoms with Gasteiger partial charge in [-0.15, -0.1) is 0 Å². The third kappa shape index (κ3) is 3.63. The van der Waals surface area contributed by atoms with Gasteiger partial charge in [-0.1, -0.05) is 18.2 Å². The van der Waals surface area contributed by atoms with Crippen molar-refractivity contribution in [3.05, 3.63) is 29.5 Å². The fourth-order valence-corrected chi connectivity index (χ4v) is 6.68. The van der Waals surface area contributed by atoms with Crippen LogP contribution in [0.4, 0.5) is 10.5 Å². The van der Waals surface area contributed by atoms with Crippen LogP contribution >= 0.6 is 0 Å². The van der Waals surface area contributed by atoms with Gasteiger partial charge in [0.25, 0.3) is 0 Å². The lowest BCUT2D eigenvalue weighted by atomic mass is 9.71. The van der Waals surface area contributed by atoms with Gasteiger partial charge < -0.3 is 25.5 Å². The first kappa shape index (κ1) is 22.0. The second kappa shape index (κ2) is 7.63. The molecule has 2 aromatic rings. The molecular formula is C22H28N4O6S. The van der Waals surface area contributed by atoms with Gasteiger partial charge in [-0.3, -0.25) is 4.90 Å². The number of ether oxygens (including phenoxy) is 1. The molecule has 178 valence electrons. The number of nitrogens with zero attached hydrogens (tertiary/aromatic N) is 2. The molecule has 1 aromatic heterocycles. The van der Waals surface area contributed by atoms with E-state index >= 15 is 0 Å². The van der Waals surface area contributed by atoms with Crippen molar-refractivity contribution >= 4 is 38.5 Å². The van der Waals surface area contributed by atoms with Crippen molar-refractivity contribution in [1.29, 1.82) is 0 Å². The molecule has 0 unspecified atom stereocenters. The summed E-state index contributed by atoms with van der Waals surface area (Å²) < 4.78 is 29.5. The van der Waals surface area contributed by atoms with E-state index < -0.39 is 21.4 Å². The molecule has 4 N–H and O–H groups in total. The van der Waals surface area contributed by atoms with E-state index in [2.05, 4.69) is 4.98 Å². The quantitative estimate of drug-likeness (QED) is 0.591. The van der Waals surface area contributed by atoms with Crippen molar-refractivity contribution in [2.45, 2.75) is 31.4 Å². The number of sulfone groups is 1. The number of carbonyl (C=O) groups excluding carboxylic acids is 1. The number of anilines is 1. The molecule has 1 aromatic carbocycles. The molecule has 5 rings (SSSR count). The highest BCUT2D eigenvalue weighted by molar-refractivity contribution is 7.91. The first-order valence-electron chi connectivity index (χ1n) is 11.2. The highest BCUT2D eigenvalue weighted by atomic mass is 32.2. The van der Waals surface area contributed by atoms with Gasteiger partial charge in [-0.25, -0.2) is 18.0 Å². The first-order chi connectivity index (χ1) is 15.6. The molecule has 1 aliphatic carbocycles. The number of fused-ring (bicyclic) bond motifs is 1. The lowest BCUT2D eigenvalue weighted by molar-refractivity contribution is -0.0439. The summed E-state index contributed by atoms with van der Waals surface area (Å²) in [6.07, 6.45) is 1.15. The van der Waals surface area contributed by atoms with E-state index in [9.17, 15) is 23.1 Å². The fraction of sp³-hybridized carbons (Fsp3) is 0.545. The Bertz CT molecular complexity index is 1220. The van der Waals surface area contributed by atoms with Crippen molar-refractivity contribution in [3.63, 3.8) is 0 Å². The number of nitrogens with one attached hydrogen (secondary N) is 1. The molecule has 1 atom stereocenters. The van der Waals surface area contributed by atoms with Gasteiger partial charge in [0.1, 0.15) is 11.3 Å². The highest BCUT2D eigenvalue weighted by Crippen LogP contribution is 2.47. The summed E-state index contributed by atoms with van der Waals surface area (Å²) in [5.41, 5.74) is 7.20. The van der Waals surface area contributed by atoms with Crippen LogP contribution in [0.15, 0.2) is 18.2 Å². The molecule has 2 saturated heterocycles. The zero-order valence-corrected chi connectivity index (χ0v) is 19.2. The van der Waals surface area contributed by atoms with Crippen molar-refractivity contribution < 1.29 is 27.9 Å². The maximum absolute atomic E-state index is 12.7. The minimum atomic E-state index is -3.11. The average Bonchev–Trinajstić information content (AvgIpc) is 3.30. The van der Waals surface area contributed by atoms with Gasteiger partial charge in [0, 0.05) is 18.5 Å². The van der Waals surface area contributed by atoms with Crippen LogP contribution in [-0.4, -0.2) is 78.8 Å². The Labute approximate surface area is 191 Å². The number of hydrogen-bond acceptors (Lipinski definition) is 7. The topological polar surface area (TPSA) is 146 Å². The van der Waals surface area contributed by atoms with Gasteiger partial charge in [-0.2, -0.15) is 0 Å². The largest absolute Gasteiger partial charge is 0.477 e. The Balaban J connectivity index is 1.50. The Morgan fingerprint density at radius 1 is 1.33 bits per heavy atom. The summed E-state index contributed by atoms with van der Waals surface area (Å²) >= 11 is 0. The van der Waals surface area contributed by atoms with Crippen molar-refractivity contribution in [1.82, 2.24) is 9.88 Å². The number of aromatic carboxylic acids is 1. The second-order valence-electron chi connectivity index (χ2n) is 9.43. The number of H-pyrrole nitrogens is 1. The van der Waals surface area contributed by atoms with Crippen LogP contribution in [0.2, 0.25) is 0 Å². The minimum absolute atomic E-state index is 0.0136. The molecule has 0 radical (unpaired) electrons. The number of rotatable bonds is 5. The molecule has 1 spiro atoms. The van der Waals surface area contributed by atoms with Crippen LogP contribution in [-0.2, 0) is 14.6 Å². The summed E-state index contributed by atoms with van der Waals surface area (Å²) in [5, 5.41) is 10.6. The van der Waals surface area contributed by atoms with Crippen LogP contribution < -0.4 is 10.6 Å². The number of amides is 1. The molecule has 3 aliphatic rings. The van der Waals surface area contributed by atoms with Crippen LogP contribution in [0.3, 0.4) is 0 Å². The van der Waals surface area contributed by atoms with Crippen molar-refractivity contribution in [2.24, 2.45) is 11.7 Å². The van der Waals surface area contributed by atoms with Crippen molar-refractivity contribution in [3.8, 4) is 0 Å². The summed E-state index contributed by atoms with van der Waals surface area (Å²) in [6.45, 7) is 3.43. The average molecular weight is 477 g/mol. The van der Waals surface area contributed by atoms with Gasteiger partial charge in [0.05, 0.1) is 35.3 Å². The molecule has 3 fully saturated rings. The number of hydrogen-bond donors (Lipinski definition) is 3. The number of nitrogens with two attached hydrogens (primary N) is 1. The monoisotopic (exact) mass is 476 g/mol. The van der Waals surface area contributed by atoms with E-state index in [1.807, 2.05) is 30.0 Å². The maximum atomic E-state index is 12.7. The molecule has 2 aliphatic heterocycles. The maximum Gasteiger partial charge on any atom is 0.411 e. The van der Waals surface area contributed by atoms with Crippen LogP contribution in [0.25, 0.3) is 10.9 Å². The molecule has 11 heteroatoms. The Hall–Kier alpha value is -2.79. The zero-order valence-electron chi connectivity index (χ0n) is 18.4. The Morgan fingerprint density at radius 3 is 2.67 bits per heavy atom. The highest BCUT2D eigenvalue weighted by Gasteiger charge is 2.54. The van der Waals surface area contributed by atoms with Crippen LogP contribution in [0, 0.1) is 5.92 Å². The third-order valence-corrected chi connectivity index (χ3v) is 8.89. The predicted octanol–water partition coefficient (Wildman–Crippen LogP) is 1.72. The smallest absolute Gasteiger partial charge is 0.411 e. The predicted molar refractivity (Wildman–Crippen MR) is 122 cm³/mol. The number of para-hydroxylation sites is 1. The molecule has 1 amide bonds. The summed E-state index contributed by atoms with van der Waals surface area (Å²) in [4.78, 5) is 31.3. The summed E-state index contributed by atoms with van der Waals surface area (Å²) in [6, 6.07) is 5.20. The van der Waals surface area contributed by atoms with Gasteiger partial charge >= 0.3 is 12.1 Å². The van der Waals surface area contributed by atoms with E-state index in [0.717, 1.165) is 18.4 Å². The van der Waals surface area contributed by atoms with E-state index in [1.54, 1.807) is 4.90 Å². The number of aromatic nitrogens is 1. The van der Waals surface area contributed by atoms with Gasteiger partial charge in [0.15, 0.2) is 9.84 Å². The van der Waals surface area contributed by atoms with Crippen LogP contribution in [0.5, 0.6) is 0 Å². The van der Waals surface area contributed by atoms with E-state index in [-0.39, 0.29) is 42.4 Å². The lowest BCUT2D eigenvalue weighted by Crippen LogP contribution is -2.49. The standard InChI is InChI=1S/C22H28N4O6S/c1-13(26-12-22(32-21(26)29)9-14(10-22)11-23)15-3-2-4-16-17(15)24-18(20(27)28)19(16)25-5-7-33(30,31)8-6-25/h2-4,13-14,24H,5-12,23H2,1H3,(H,27,28)/t13-,14?,22?/m0/s1. The number of carboxylic acids is 1. The minimum Gasteiger partial charge on any atom is -0.477 e. The number of aromatic amines is 1. The third-order valence-electron chi connectivity index (χ3n) is 7.28. The van der Waals surface area contributed by atoms with Crippen molar-refractivity contribution in [2.75, 3.05) is 42.6 Å². The molecule has 33 heavy (non-hydrogen) atoms. The fourth-order valence-electron chi connectivity index (χ4n) is 5.48. The summed E-state index contributed by atoms with van der Waals surface area (Å²) in [5.74, 6) is -0.773. The molecule has 0 bridgehead atoms. The molecular weight excluding hydrogens is 448 g/mol. The molecule has 1 saturated carbocycles. The number of benzene rings is 1. The molecule has 10 nitrogen and oxygen atoms in total. The van der Waals surface area contributed by atoms with E-state index in [4.69, 9.17) is 10.5 Å². The second-order valence-corrected chi connectivity index (χ2v) is 11.7. The number of carboxylic acid groups (broad SMARTS) is 1. The molecule has 3 heterocycles. The summed E-state index contributed by atoms with van der Waals surface area (Å²) in [7, 11) is -3.11. The first-order valence-corrected chi connectivity index (χ1v) is 13.0. The number of carbonyl (C=O) groups is 2. The Kier molecular flexibility index (Phi) is 5.09. The van der Waals surface area contributed by atoms with E-state index in [0.29, 0.717) is 35.6 Å². The van der Waals surface area contributed by atoms with Crippen LogP contribution in [0.1, 0.15) is 41.9 Å². The SMILES string of the molecule is C[C@@H](c1cccc2c(N3CCS(=O)(=O)CC3)c(C(=O)O)[nH]c12)N1CC2(CC(CN)C2)OC1=O. The van der Waals surface area contributed by atoms with E-state index in [1.165, 1.54) is 0 Å². The lowest BCUT2D eigenvalue weighted by Gasteiger charge is -2.42. The van der Waals surface area contributed by atoms with Gasteiger partial charge in [-0.05, 0) is 37.8 Å². The zero-order chi connectivity index (χ0) is 23.5. The normalized spacial score (nSPS) is 27.6. The Morgan fingerprint density at radius 2 is 2.03 bits per heavy atom.